The van der Waals surface area contributed by atoms with E-state index in [0.29, 0.717) is 11.7 Å². The second-order valence-corrected chi connectivity index (χ2v) is 5.92. The number of aromatic hydroxyl groups is 1. The molecule has 1 unspecified atom stereocenters. The number of piperidine rings is 1. The molecule has 1 aromatic rings. The quantitative estimate of drug-likeness (QED) is 0.757. The van der Waals surface area contributed by atoms with E-state index in [2.05, 4.69) is 16.5 Å². The molecule has 1 saturated heterocycles. The van der Waals surface area contributed by atoms with Crippen LogP contribution in [-0.2, 0) is 6.42 Å². The van der Waals surface area contributed by atoms with Crippen LogP contribution in [0.4, 0.5) is 0 Å². The Hall–Kier alpha value is -1.39. The van der Waals surface area contributed by atoms with Crippen molar-refractivity contribution in [3.63, 3.8) is 0 Å². The Morgan fingerprint density at radius 2 is 2.24 bits per heavy atom. The third-order valence-electron chi connectivity index (χ3n) is 4.10. The topological polar surface area (TPSA) is 62.4 Å². The van der Waals surface area contributed by atoms with E-state index in [4.69, 9.17) is 5.73 Å². The fourth-order valence-corrected chi connectivity index (χ4v) is 2.91. The number of aryl methyl sites for hydroxylation is 1. The number of hydrogen-bond donors (Lipinski definition) is 2. The summed E-state index contributed by atoms with van der Waals surface area (Å²) >= 11 is 0. The zero-order valence-corrected chi connectivity index (χ0v) is 12.8. The zero-order valence-electron chi connectivity index (χ0n) is 12.8. The standard InChI is InChI=1S/C17H27N3O/c1-2-16-17(21)10-9-15(19-16)8-4-3-5-11-20-12-6-7-14(18)13-20/h2,9-10,14,21H,1,3-8,11-13,18H2. The number of rotatable bonds is 7. The first-order chi connectivity index (χ1) is 10.2. The molecule has 0 bridgehead atoms. The molecule has 116 valence electrons. The molecule has 4 nitrogen and oxygen atoms in total. The Balaban J connectivity index is 1.64. The van der Waals surface area contributed by atoms with Gasteiger partial charge in [-0.1, -0.05) is 13.0 Å². The predicted molar refractivity (Wildman–Crippen MR) is 87.2 cm³/mol. The van der Waals surface area contributed by atoms with Crippen LogP contribution < -0.4 is 5.73 Å². The fourth-order valence-electron chi connectivity index (χ4n) is 2.91. The lowest BCUT2D eigenvalue weighted by Crippen LogP contribution is -2.43. The molecule has 0 amide bonds. The lowest BCUT2D eigenvalue weighted by atomic mass is 10.1. The van der Waals surface area contributed by atoms with Crippen molar-refractivity contribution >= 4 is 6.08 Å². The molecule has 0 spiro atoms. The number of likely N-dealkylation sites (tertiary alicyclic amines) is 1. The molecule has 0 aliphatic carbocycles. The van der Waals surface area contributed by atoms with Gasteiger partial charge in [0, 0.05) is 18.3 Å². The van der Waals surface area contributed by atoms with Crippen molar-refractivity contribution in [2.24, 2.45) is 5.73 Å². The van der Waals surface area contributed by atoms with Crippen LogP contribution in [0, 0.1) is 0 Å². The molecule has 0 aromatic carbocycles. The molecular weight excluding hydrogens is 262 g/mol. The summed E-state index contributed by atoms with van der Waals surface area (Å²) in [5, 5.41) is 9.56. The van der Waals surface area contributed by atoms with Crippen molar-refractivity contribution in [3.05, 3.63) is 30.1 Å². The summed E-state index contributed by atoms with van der Waals surface area (Å²) in [6.45, 7) is 7.09. The zero-order chi connectivity index (χ0) is 15.1. The molecule has 1 aromatic heterocycles. The van der Waals surface area contributed by atoms with Crippen molar-refractivity contribution in [2.75, 3.05) is 19.6 Å². The highest BCUT2D eigenvalue weighted by molar-refractivity contribution is 5.50. The molecule has 0 radical (unpaired) electrons. The largest absolute Gasteiger partial charge is 0.506 e. The second kappa shape index (κ2) is 8.15. The summed E-state index contributed by atoms with van der Waals surface area (Å²) in [5.41, 5.74) is 7.60. The third kappa shape index (κ3) is 5.14. The van der Waals surface area contributed by atoms with Gasteiger partial charge in [-0.15, -0.1) is 0 Å². The summed E-state index contributed by atoms with van der Waals surface area (Å²) in [5.74, 6) is 0.204. The molecule has 3 N–H and O–H groups in total. The van der Waals surface area contributed by atoms with Gasteiger partial charge in [0.1, 0.15) is 11.4 Å². The molecule has 1 aliphatic heterocycles. The first kappa shape index (κ1) is 16.0. The monoisotopic (exact) mass is 289 g/mol. The lowest BCUT2D eigenvalue weighted by molar-refractivity contribution is 0.205. The van der Waals surface area contributed by atoms with Gasteiger partial charge >= 0.3 is 0 Å². The third-order valence-corrected chi connectivity index (χ3v) is 4.10. The Kier molecular flexibility index (Phi) is 6.21. The van der Waals surface area contributed by atoms with Crippen molar-refractivity contribution < 1.29 is 5.11 Å². The van der Waals surface area contributed by atoms with Crippen LogP contribution in [-0.4, -0.2) is 40.7 Å². The van der Waals surface area contributed by atoms with Gasteiger partial charge in [0.25, 0.3) is 0 Å². The van der Waals surface area contributed by atoms with E-state index in [1.54, 1.807) is 12.1 Å². The predicted octanol–water partition coefficient (Wildman–Crippen LogP) is 2.57. The lowest BCUT2D eigenvalue weighted by Gasteiger charge is -2.30. The maximum Gasteiger partial charge on any atom is 0.141 e. The minimum absolute atomic E-state index is 0.204. The van der Waals surface area contributed by atoms with E-state index in [-0.39, 0.29) is 5.75 Å². The van der Waals surface area contributed by atoms with Crippen molar-refractivity contribution in [1.82, 2.24) is 9.88 Å². The summed E-state index contributed by atoms with van der Waals surface area (Å²) in [6.07, 6.45) is 8.53. The van der Waals surface area contributed by atoms with Gasteiger partial charge in [-0.2, -0.15) is 0 Å². The highest BCUT2D eigenvalue weighted by Gasteiger charge is 2.15. The summed E-state index contributed by atoms with van der Waals surface area (Å²) < 4.78 is 0. The minimum atomic E-state index is 0.204. The molecular formula is C17H27N3O. The fraction of sp³-hybridized carbons (Fsp3) is 0.588. The molecule has 1 aliphatic rings. The van der Waals surface area contributed by atoms with Crippen molar-refractivity contribution in [3.8, 4) is 5.75 Å². The number of unbranched alkanes of at least 4 members (excludes halogenated alkanes) is 2. The molecule has 2 rings (SSSR count). The van der Waals surface area contributed by atoms with Crippen LogP contribution in [0.25, 0.3) is 6.08 Å². The van der Waals surface area contributed by atoms with E-state index in [0.717, 1.165) is 31.6 Å². The van der Waals surface area contributed by atoms with E-state index in [1.807, 2.05) is 6.07 Å². The van der Waals surface area contributed by atoms with Crippen molar-refractivity contribution in [1.29, 1.82) is 0 Å². The number of nitrogens with zero attached hydrogens (tertiary/aromatic N) is 2. The smallest absolute Gasteiger partial charge is 0.141 e. The van der Waals surface area contributed by atoms with Gasteiger partial charge in [0.15, 0.2) is 0 Å². The van der Waals surface area contributed by atoms with Crippen LogP contribution in [0.5, 0.6) is 5.75 Å². The number of aromatic nitrogens is 1. The van der Waals surface area contributed by atoms with E-state index in [9.17, 15) is 5.11 Å². The van der Waals surface area contributed by atoms with Gasteiger partial charge in [0.2, 0.25) is 0 Å². The average molecular weight is 289 g/mol. The summed E-state index contributed by atoms with van der Waals surface area (Å²) in [6, 6.07) is 3.97. The van der Waals surface area contributed by atoms with Crippen LogP contribution in [0.3, 0.4) is 0 Å². The van der Waals surface area contributed by atoms with Crippen LogP contribution >= 0.6 is 0 Å². The van der Waals surface area contributed by atoms with Gasteiger partial charge < -0.3 is 15.7 Å². The molecule has 2 heterocycles. The number of pyridine rings is 1. The number of nitrogens with two attached hydrogens (primary N) is 1. The van der Waals surface area contributed by atoms with Crippen LogP contribution in [0.15, 0.2) is 18.7 Å². The second-order valence-electron chi connectivity index (χ2n) is 5.92. The minimum Gasteiger partial charge on any atom is -0.506 e. The van der Waals surface area contributed by atoms with Gasteiger partial charge in [-0.25, -0.2) is 4.98 Å². The maximum atomic E-state index is 9.56. The van der Waals surface area contributed by atoms with Gasteiger partial charge in [-0.3, -0.25) is 0 Å². The number of hydrogen-bond acceptors (Lipinski definition) is 4. The molecule has 1 atom stereocenters. The Morgan fingerprint density at radius 3 is 3.00 bits per heavy atom. The Morgan fingerprint density at radius 1 is 1.38 bits per heavy atom. The van der Waals surface area contributed by atoms with E-state index in [1.165, 1.54) is 32.2 Å². The maximum absolute atomic E-state index is 9.56. The first-order valence-electron chi connectivity index (χ1n) is 7.98. The Labute approximate surface area is 127 Å². The first-order valence-corrected chi connectivity index (χ1v) is 7.98. The summed E-state index contributed by atoms with van der Waals surface area (Å²) in [7, 11) is 0. The van der Waals surface area contributed by atoms with Crippen LogP contribution in [0.2, 0.25) is 0 Å². The SMILES string of the molecule is C=Cc1nc(CCCCCN2CCCC(N)C2)ccc1O. The highest BCUT2D eigenvalue weighted by atomic mass is 16.3. The van der Waals surface area contributed by atoms with Gasteiger partial charge in [0.05, 0.1) is 0 Å². The Bertz CT molecular complexity index is 461. The summed E-state index contributed by atoms with van der Waals surface area (Å²) in [4.78, 5) is 6.88. The highest BCUT2D eigenvalue weighted by Crippen LogP contribution is 2.17. The van der Waals surface area contributed by atoms with E-state index >= 15 is 0 Å². The normalized spacial score (nSPS) is 19.6. The van der Waals surface area contributed by atoms with Crippen molar-refractivity contribution in [2.45, 2.75) is 44.6 Å². The molecule has 4 heteroatoms. The molecule has 1 fully saturated rings. The average Bonchev–Trinajstić information content (AvgIpc) is 2.48. The molecule has 21 heavy (non-hydrogen) atoms. The van der Waals surface area contributed by atoms with E-state index < -0.39 is 0 Å². The van der Waals surface area contributed by atoms with Gasteiger partial charge in [-0.05, 0) is 63.4 Å². The molecule has 0 saturated carbocycles. The van der Waals surface area contributed by atoms with Crippen LogP contribution in [0.1, 0.15) is 43.5 Å².